The first-order valence-electron chi connectivity index (χ1n) is 9.47. The lowest BCUT2D eigenvalue weighted by molar-refractivity contribution is -0.122. The zero-order valence-corrected chi connectivity index (χ0v) is 16.6. The average Bonchev–Trinajstić information content (AvgIpc) is 3.16. The predicted octanol–water partition coefficient (Wildman–Crippen LogP) is 3.66. The van der Waals surface area contributed by atoms with Gasteiger partial charge in [-0.15, -0.1) is 0 Å². The zero-order chi connectivity index (χ0) is 19.9. The van der Waals surface area contributed by atoms with Gasteiger partial charge in [0.25, 0.3) is 0 Å². The molecule has 0 spiro atoms. The van der Waals surface area contributed by atoms with Crippen molar-refractivity contribution in [3.8, 4) is 11.3 Å². The predicted molar refractivity (Wildman–Crippen MR) is 105 cm³/mol. The minimum Gasteiger partial charge on any atom is -0.450 e. The molecule has 1 N–H and O–H groups in total. The van der Waals surface area contributed by atoms with Crippen LogP contribution in [0.5, 0.6) is 0 Å². The lowest BCUT2D eigenvalue weighted by Gasteiger charge is -2.31. The van der Waals surface area contributed by atoms with Crippen molar-refractivity contribution >= 4 is 23.6 Å². The van der Waals surface area contributed by atoms with Gasteiger partial charge in [-0.25, -0.2) is 9.78 Å². The van der Waals surface area contributed by atoms with Gasteiger partial charge in [-0.2, -0.15) is 0 Å². The fourth-order valence-corrected chi connectivity index (χ4v) is 3.38. The van der Waals surface area contributed by atoms with E-state index >= 15 is 0 Å². The number of piperidine rings is 1. The molecule has 1 aliphatic rings. The summed E-state index contributed by atoms with van der Waals surface area (Å²) in [5, 5.41) is 3.61. The van der Waals surface area contributed by atoms with E-state index in [0.717, 1.165) is 18.4 Å². The van der Waals surface area contributed by atoms with Crippen molar-refractivity contribution in [2.45, 2.75) is 38.6 Å². The molecule has 0 saturated carbocycles. The van der Waals surface area contributed by atoms with Gasteiger partial charge < -0.3 is 19.4 Å². The Morgan fingerprint density at radius 2 is 2.07 bits per heavy atom. The Hall–Kier alpha value is -2.54. The number of aromatic nitrogens is 1. The maximum Gasteiger partial charge on any atom is 0.409 e. The number of amides is 2. The summed E-state index contributed by atoms with van der Waals surface area (Å²) in [6.07, 6.45) is 3.49. The molecule has 8 heteroatoms. The summed E-state index contributed by atoms with van der Waals surface area (Å²) in [6.45, 7) is 3.33. The second-order valence-corrected chi connectivity index (χ2v) is 7.03. The highest BCUT2D eigenvalue weighted by Crippen LogP contribution is 2.28. The lowest BCUT2D eigenvalue weighted by Crippen LogP contribution is -2.46. The molecule has 2 heterocycles. The highest BCUT2D eigenvalue weighted by atomic mass is 35.5. The van der Waals surface area contributed by atoms with Gasteiger partial charge in [0.2, 0.25) is 5.91 Å². The van der Waals surface area contributed by atoms with Crippen LogP contribution in [-0.2, 0) is 16.0 Å². The van der Waals surface area contributed by atoms with Gasteiger partial charge in [0.15, 0.2) is 11.7 Å². The van der Waals surface area contributed by atoms with Gasteiger partial charge in [0, 0.05) is 37.5 Å². The van der Waals surface area contributed by atoms with E-state index in [0.29, 0.717) is 49.2 Å². The molecule has 1 aliphatic heterocycles. The number of likely N-dealkylation sites (tertiary alicyclic amines) is 1. The molecule has 1 saturated heterocycles. The normalized spacial score (nSPS) is 14.7. The van der Waals surface area contributed by atoms with E-state index in [-0.39, 0.29) is 18.0 Å². The molecule has 7 nitrogen and oxygen atoms in total. The fraction of sp³-hybridized carbons (Fsp3) is 0.450. The van der Waals surface area contributed by atoms with Gasteiger partial charge in [0.05, 0.1) is 17.8 Å². The molecular formula is C20H24ClN3O4. The van der Waals surface area contributed by atoms with Crippen molar-refractivity contribution in [2.75, 3.05) is 19.7 Å². The summed E-state index contributed by atoms with van der Waals surface area (Å²) in [4.78, 5) is 29.8. The number of benzene rings is 1. The summed E-state index contributed by atoms with van der Waals surface area (Å²) >= 11 is 6.17. The molecular weight excluding hydrogens is 382 g/mol. The maximum atomic E-state index is 12.2. The van der Waals surface area contributed by atoms with Crippen LogP contribution in [0.3, 0.4) is 0 Å². The van der Waals surface area contributed by atoms with Gasteiger partial charge >= 0.3 is 6.09 Å². The number of hydrogen-bond acceptors (Lipinski definition) is 5. The minimum absolute atomic E-state index is 0.0490. The monoisotopic (exact) mass is 405 g/mol. The van der Waals surface area contributed by atoms with E-state index in [2.05, 4.69) is 10.3 Å². The van der Waals surface area contributed by atoms with Crippen molar-refractivity contribution in [1.29, 1.82) is 0 Å². The van der Waals surface area contributed by atoms with Crippen LogP contribution >= 0.6 is 11.6 Å². The Kier molecular flexibility index (Phi) is 6.92. The van der Waals surface area contributed by atoms with E-state index in [1.807, 2.05) is 18.2 Å². The summed E-state index contributed by atoms with van der Waals surface area (Å²) in [7, 11) is 0. The summed E-state index contributed by atoms with van der Waals surface area (Å²) in [5.41, 5.74) is 0.778. The maximum absolute atomic E-state index is 12.2. The molecule has 1 aromatic carbocycles. The van der Waals surface area contributed by atoms with E-state index in [1.165, 1.54) is 0 Å². The Balaban J connectivity index is 1.43. The average molecular weight is 406 g/mol. The summed E-state index contributed by atoms with van der Waals surface area (Å²) < 4.78 is 10.7. The molecule has 2 amide bonds. The molecule has 0 aliphatic carbocycles. The molecule has 0 bridgehead atoms. The Labute approximate surface area is 169 Å². The largest absolute Gasteiger partial charge is 0.450 e. The number of oxazole rings is 1. The van der Waals surface area contributed by atoms with Crippen molar-refractivity contribution in [3.63, 3.8) is 0 Å². The number of carbonyl (C=O) groups is 2. The number of aryl methyl sites for hydroxylation is 1. The van der Waals surface area contributed by atoms with Gasteiger partial charge in [-0.1, -0.05) is 23.7 Å². The molecule has 28 heavy (non-hydrogen) atoms. The number of ether oxygens (including phenoxy) is 1. The highest BCUT2D eigenvalue weighted by molar-refractivity contribution is 6.33. The van der Waals surface area contributed by atoms with Crippen LogP contribution in [0.1, 0.15) is 32.1 Å². The topological polar surface area (TPSA) is 84.7 Å². The van der Waals surface area contributed by atoms with Crippen LogP contribution < -0.4 is 5.32 Å². The third-order valence-corrected chi connectivity index (χ3v) is 4.97. The quantitative estimate of drug-likeness (QED) is 0.792. The first-order chi connectivity index (χ1) is 13.6. The first-order valence-corrected chi connectivity index (χ1v) is 9.85. The number of carbonyl (C=O) groups excluding carboxylic acids is 2. The minimum atomic E-state index is -0.287. The Morgan fingerprint density at radius 1 is 1.32 bits per heavy atom. The molecule has 1 aromatic heterocycles. The van der Waals surface area contributed by atoms with Gasteiger partial charge in [0.1, 0.15) is 0 Å². The molecule has 0 atom stereocenters. The number of nitrogens with one attached hydrogen (secondary N) is 1. The van der Waals surface area contributed by atoms with Gasteiger partial charge in [-0.05, 0) is 31.9 Å². The number of nitrogens with zero attached hydrogens (tertiary/aromatic N) is 2. The second-order valence-electron chi connectivity index (χ2n) is 6.63. The summed E-state index contributed by atoms with van der Waals surface area (Å²) in [5.74, 6) is 1.04. The van der Waals surface area contributed by atoms with E-state index in [4.69, 9.17) is 20.8 Å². The second kappa shape index (κ2) is 9.59. The number of rotatable bonds is 6. The number of hydrogen-bond donors (Lipinski definition) is 1. The smallest absolute Gasteiger partial charge is 0.409 e. The highest BCUT2D eigenvalue weighted by Gasteiger charge is 2.24. The van der Waals surface area contributed by atoms with Crippen molar-refractivity contribution in [2.24, 2.45) is 0 Å². The van der Waals surface area contributed by atoms with E-state index in [9.17, 15) is 9.59 Å². The molecule has 0 radical (unpaired) electrons. The zero-order valence-electron chi connectivity index (χ0n) is 15.8. The standard InChI is InChI=1S/C20H24ClN3O4/c1-2-27-20(26)24-11-9-14(10-12-24)23-18(25)7-8-19-22-13-17(28-19)15-5-3-4-6-16(15)21/h3-6,13-14H,2,7-12H2,1H3,(H,23,25). The van der Waals surface area contributed by atoms with Crippen LogP contribution in [0.15, 0.2) is 34.9 Å². The van der Waals surface area contributed by atoms with Crippen LogP contribution in [0, 0.1) is 0 Å². The molecule has 1 fully saturated rings. The third kappa shape index (κ3) is 5.25. The van der Waals surface area contributed by atoms with Crippen LogP contribution in [-0.4, -0.2) is 47.6 Å². The van der Waals surface area contributed by atoms with E-state index in [1.54, 1.807) is 24.1 Å². The van der Waals surface area contributed by atoms with Crippen molar-refractivity contribution in [3.05, 3.63) is 41.4 Å². The molecule has 0 unspecified atom stereocenters. The summed E-state index contributed by atoms with van der Waals surface area (Å²) in [6, 6.07) is 7.46. The fourth-order valence-electron chi connectivity index (χ4n) is 3.15. The van der Waals surface area contributed by atoms with Crippen molar-refractivity contribution < 1.29 is 18.7 Å². The van der Waals surface area contributed by atoms with E-state index < -0.39 is 0 Å². The first kappa shape index (κ1) is 20.2. The molecule has 150 valence electrons. The van der Waals surface area contributed by atoms with Crippen molar-refractivity contribution in [1.82, 2.24) is 15.2 Å². The van der Waals surface area contributed by atoms with Crippen LogP contribution in [0.4, 0.5) is 4.79 Å². The third-order valence-electron chi connectivity index (χ3n) is 4.64. The molecule has 3 rings (SSSR count). The Bertz CT molecular complexity index is 815. The lowest BCUT2D eigenvalue weighted by atomic mass is 10.1. The van der Waals surface area contributed by atoms with Gasteiger partial charge in [-0.3, -0.25) is 4.79 Å². The Morgan fingerprint density at radius 3 is 2.79 bits per heavy atom. The molecule has 2 aromatic rings. The van der Waals surface area contributed by atoms with Crippen LogP contribution in [0.2, 0.25) is 5.02 Å². The SMILES string of the molecule is CCOC(=O)N1CCC(NC(=O)CCc2ncc(-c3ccccc3Cl)o2)CC1. The number of halogens is 1. The van der Waals surface area contributed by atoms with Crippen LogP contribution in [0.25, 0.3) is 11.3 Å².